The number of nitrogens with one attached hydrogen (secondary N) is 1. The standard InChI is InChI=1S/C11H21NO4/c1-7(2)8(12-10(14)15-6)9(13)16-11(3,4)5/h7-8H,1-6H3,(H,12,14)/t8-/m1/s1. The number of amides is 1. The van der Waals surface area contributed by atoms with Gasteiger partial charge in [-0.25, -0.2) is 9.59 Å². The quantitative estimate of drug-likeness (QED) is 0.751. The summed E-state index contributed by atoms with van der Waals surface area (Å²) in [5.74, 6) is -0.512. The Hall–Kier alpha value is -1.26. The number of carbonyl (C=O) groups is 2. The highest BCUT2D eigenvalue weighted by molar-refractivity contribution is 5.81. The van der Waals surface area contributed by atoms with Crippen LogP contribution in [-0.2, 0) is 14.3 Å². The van der Waals surface area contributed by atoms with Gasteiger partial charge in [-0.15, -0.1) is 0 Å². The molecule has 0 aliphatic heterocycles. The fourth-order valence-electron chi connectivity index (χ4n) is 1.05. The van der Waals surface area contributed by atoms with Gasteiger partial charge in [0.1, 0.15) is 11.6 Å². The van der Waals surface area contributed by atoms with Crippen molar-refractivity contribution >= 4 is 12.1 Å². The van der Waals surface area contributed by atoms with E-state index >= 15 is 0 Å². The number of ether oxygens (including phenoxy) is 2. The number of carbonyl (C=O) groups excluding carboxylic acids is 2. The van der Waals surface area contributed by atoms with Gasteiger partial charge in [-0.3, -0.25) is 0 Å². The van der Waals surface area contributed by atoms with Crippen LogP contribution in [0.4, 0.5) is 4.79 Å². The van der Waals surface area contributed by atoms with Crippen molar-refractivity contribution in [1.82, 2.24) is 5.32 Å². The summed E-state index contributed by atoms with van der Waals surface area (Å²) in [5, 5.41) is 2.45. The molecule has 1 amide bonds. The SMILES string of the molecule is COC(=O)N[C@@H](C(=O)OC(C)(C)C)C(C)C. The molecule has 0 saturated carbocycles. The number of hydrogen-bond donors (Lipinski definition) is 1. The molecule has 0 aliphatic carbocycles. The lowest BCUT2D eigenvalue weighted by atomic mass is 10.0. The Labute approximate surface area is 96.5 Å². The molecule has 0 aromatic heterocycles. The van der Waals surface area contributed by atoms with Gasteiger partial charge in [0.05, 0.1) is 7.11 Å². The molecule has 0 aromatic carbocycles. The molecule has 5 nitrogen and oxygen atoms in total. The van der Waals surface area contributed by atoms with Crippen LogP contribution in [0.5, 0.6) is 0 Å². The van der Waals surface area contributed by atoms with Crippen LogP contribution in [0.15, 0.2) is 0 Å². The molecular weight excluding hydrogens is 210 g/mol. The van der Waals surface area contributed by atoms with E-state index in [9.17, 15) is 9.59 Å². The molecular formula is C11H21NO4. The summed E-state index contributed by atoms with van der Waals surface area (Å²) < 4.78 is 9.65. The second-order valence-corrected chi connectivity index (χ2v) is 4.89. The molecule has 0 rings (SSSR count). The van der Waals surface area contributed by atoms with Gasteiger partial charge in [0, 0.05) is 0 Å². The van der Waals surface area contributed by atoms with Crippen molar-refractivity contribution in [3.05, 3.63) is 0 Å². The summed E-state index contributed by atoms with van der Waals surface area (Å²) in [4.78, 5) is 22.8. The zero-order valence-corrected chi connectivity index (χ0v) is 10.8. The third kappa shape index (κ3) is 5.58. The van der Waals surface area contributed by atoms with E-state index in [1.807, 2.05) is 13.8 Å². The van der Waals surface area contributed by atoms with Gasteiger partial charge in [-0.2, -0.15) is 0 Å². The number of methoxy groups -OCH3 is 1. The minimum absolute atomic E-state index is 0.0612. The summed E-state index contributed by atoms with van der Waals surface area (Å²) in [7, 11) is 1.25. The summed E-state index contributed by atoms with van der Waals surface area (Å²) in [6.07, 6.45) is -0.635. The van der Waals surface area contributed by atoms with Crippen molar-refractivity contribution < 1.29 is 19.1 Å². The minimum atomic E-state index is -0.688. The van der Waals surface area contributed by atoms with Gasteiger partial charge in [0.25, 0.3) is 0 Å². The van der Waals surface area contributed by atoms with Crippen molar-refractivity contribution in [3.8, 4) is 0 Å². The normalized spacial score (nSPS) is 13.2. The van der Waals surface area contributed by atoms with Gasteiger partial charge in [0.2, 0.25) is 0 Å². The van der Waals surface area contributed by atoms with Crippen LogP contribution < -0.4 is 5.32 Å². The summed E-state index contributed by atoms with van der Waals surface area (Å²) in [6, 6.07) is -0.688. The average molecular weight is 231 g/mol. The van der Waals surface area contributed by atoms with Crippen molar-refractivity contribution in [3.63, 3.8) is 0 Å². The summed E-state index contributed by atoms with van der Waals surface area (Å²) in [6.45, 7) is 8.98. The minimum Gasteiger partial charge on any atom is -0.458 e. The van der Waals surface area contributed by atoms with E-state index in [4.69, 9.17) is 4.74 Å². The van der Waals surface area contributed by atoms with Crippen molar-refractivity contribution in [2.45, 2.75) is 46.3 Å². The van der Waals surface area contributed by atoms with Gasteiger partial charge < -0.3 is 14.8 Å². The number of esters is 1. The Kier molecular flexibility index (Phi) is 5.27. The van der Waals surface area contributed by atoms with E-state index in [1.165, 1.54) is 7.11 Å². The zero-order valence-electron chi connectivity index (χ0n) is 10.8. The lowest BCUT2D eigenvalue weighted by Gasteiger charge is -2.26. The molecule has 0 saturated heterocycles. The van der Waals surface area contributed by atoms with E-state index in [-0.39, 0.29) is 5.92 Å². The van der Waals surface area contributed by atoms with Crippen LogP contribution in [0.1, 0.15) is 34.6 Å². The maximum absolute atomic E-state index is 11.8. The van der Waals surface area contributed by atoms with Crippen LogP contribution in [-0.4, -0.2) is 30.8 Å². The predicted molar refractivity (Wildman–Crippen MR) is 60.0 cm³/mol. The Balaban J connectivity index is 4.54. The fraction of sp³-hybridized carbons (Fsp3) is 0.818. The van der Waals surface area contributed by atoms with E-state index in [0.29, 0.717) is 0 Å². The Morgan fingerprint density at radius 1 is 1.19 bits per heavy atom. The van der Waals surface area contributed by atoms with E-state index < -0.39 is 23.7 Å². The first-order chi connectivity index (χ1) is 7.17. The van der Waals surface area contributed by atoms with Crippen molar-refractivity contribution in [2.24, 2.45) is 5.92 Å². The number of alkyl carbamates (subject to hydrolysis) is 1. The highest BCUT2D eigenvalue weighted by Crippen LogP contribution is 2.12. The van der Waals surface area contributed by atoms with Crippen molar-refractivity contribution in [1.29, 1.82) is 0 Å². The molecule has 0 aromatic rings. The maximum Gasteiger partial charge on any atom is 0.407 e. The third-order valence-electron chi connectivity index (χ3n) is 1.79. The van der Waals surface area contributed by atoms with Crippen LogP contribution in [0, 0.1) is 5.92 Å². The van der Waals surface area contributed by atoms with Crippen LogP contribution in [0.3, 0.4) is 0 Å². The van der Waals surface area contributed by atoms with Gasteiger partial charge in [-0.05, 0) is 26.7 Å². The van der Waals surface area contributed by atoms with Crippen molar-refractivity contribution in [2.75, 3.05) is 7.11 Å². The van der Waals surface area contributed by atoms with Gasteiger partial charge in [-0.1, -0.05) is 13.8 Å². The molecule has 1 atom stereocenters. The first-order valence-electron chi connectivity index (χ1n) is 5.24. The molecule has 0 unspecified atom stereocenters. The highest BCUT2D eigenvalue weighted by atomic mass is 16.6. The molecule has 0 aliphatic rings. The molecule has 0 bridgehead atoms. The Bertz CT molecular complexity index is 255. The molecule has 94 valence electrons. The second-order valence-electron chi connectivity index (χ2n) is 4.89. The Morgan fingerprint density at radius 2 is 1.69 bits per heavy atom. The van der Waals surface area contributed by atoms with Gasteiger partial charge >= 0.3 is 12.1 Å². The monoisotopic (exact) mass is 231 g/mol. The first-order valence-corrected chi connectivity index (χ1v) is 5.24. The number of rotatable bonds is 3. The molecule has 0 spiro atoms. The largest absolute Gasteiger partial charge is 0.458 e. The maximum atomic E-state index is 11.8. The predicted octanol–water partition coefficient (Wildman–Crippen LogP) is 1.71. The number of hydrogen-bond acceptors (Lipinski definition) is 4. The lowest BCUT2D eigenvalue weighted by Crippen LogP contribution is -2.47. The fourth-order valence-corrected chi connectivity index (χ4v) is 1.05. The summed E-state index contributed by atoms with van der Waals surface area (Å²) >= 11 is 0. The third-order valence-corrected chi connectivity index (χ3v) is 1.79. The molecule has 0 heterocycles. The van der Waals surface area contributed by atoms with Crippen LogP contribution in [0.2, 0.25) is 0 Å². The Morgan fingerprint density at radius 3 is 2.00 bits per heavy atom. The van der Waals surface area contributed by atoms with Crippen LogP contribution >= 0.6 is 0 Å². The molecule has 16 heavy (non-hydrogen) atoms. The van der Waals surface area contributed by atoms with Gasteiger partial charge in [0.15, 0.2) is 0 Å². The second kappa shape index (κ2) is 5.72. The highest BCUT2D eigenvalue weighted by Gasteiger charge is 2.29. The summed E-state index contributed by atoms with van der Waals surface area (Å²) in [5.41, 5.74) is -0.567. The lowest BCUT2D eigenvalue weighted by molar-refractivity contribution is -0.158. The first kappa shape index (κ1) is 14.7. The van der Waals surface area contributed by atoms with E-state index in [2.05, 4.69) is 10.1 Å². The molecule has 0 radical (unpaired) electrons. The van der Waals surface area contributed by atoms with E-state index in [1.54, 1.807) is 20.8 Å². The zero-order chi connectivity index (χ0) is 12.9. The van der Waals surface area contributed by atoms with E-state index in [0.717, 1.165) is 0 Å². The molecule has 0 fully saturated rings. The smallest absolute Gasteiger partial charge is 0.407 e. The molecule has 1 N–H and O–H groups in total. The topological polar surface area (TPSA) is 64.6 Å². The molecule has 5 heteroatoms. The average Bonchev–Trinajstić information content (AvgIpc) is 2.09. The van der Waals surface area contributed by atoms with Crippen LogP contribution in [0.25, 0.3) is 0 Å².